The van der Waals surface area contributed by atoms with Crippen molar-refractivity contribution in [2.45, 2.75) is 20.8 Å². The number of hydrogen-bond acceptors (Lipinski definition) is 3. The number of nitro groups is 1. The third-order valence-electron chi connectivity index (χ3n) is 2.97. The Morgan fingerprint density at radius 3 is 2.53 bits per heavy atom. The minimum Gasteiger partial charge on any atom is -0.486 e. The molecular formula is C13H17Br2NO3. The number of nitrogens with zero attached hydrogens (tertiary/aromatic N) is 1. The van der Waals surface area contributed by atoms with Crippen LogP contribution in [0.5, 0.6) is 5.75 Å². The van der Waals surface area contributed by atoms with Crippen molar-refractivity contribution >= 4 is 37.5 Å². The monoisotopic (exact) mass is 393 g/mol. The first-order valence-corrected chi connectivity index (χ1v) is 7.80. The summed E-state index contributed by atoms with van der Waals surface area (Å²) in [6.07, 6.45) is 0. The van der Waals surface area contributed by atoms with Crippen molar-refractivity contribution < 1.29 is 9.66 Å². The van der Waals surface area contributed by atoms with Crippen molar-refractivity contribution in [1.82, 2.24) is 0 Å². The molecule has 0 amide bonds. The van der Waals surface area contributed by atoms with Crippen LogP contribution in [0.4, 0.5) is 5.69 Å². The van der Waals surface area contributed by atoms with Crippen molar-refractivity contribution in [1.29, 1.82) is 0 Å². The first-order chi connectivity index (χ1) is 8.75. The number of rotatable bonds is 5. The lowest BCUT2D eigenvalue weighted by atomic mass is 9.83. The van der Waals surface area contributed by atoms with Gasteiger partial charge in [0.2, 0.25) is 0 Å². The highest BCUT2D eigenvalue weighted by Gasteiger charge is 2.25. The van der Waals surface area contributed by atoms with E-state index in [1.165, 1.54) is 6.07 Å². The molecule has 0 aliphatic heterocycles. The van der Waals surface area contributed by atoms with Gasteiger partial charge in [0.15, 0.2) is 5.75 Å². The molecule has 0 fully saturated rings. The standard InChI is InChI=1S/C13H17Br2NO3/c1-13(2,3)9(7-14)8-19-12-5-4-10(15)6-11(12)16(17)18/h4-6,9H,7-8H2,1-3H3. The molecule has 1 unspecified atom stereocenters. The Labute approximate surface area is 129 Å². The van der Waals surface area contributed by atoms with Gasteiger partial charge in [0, 0.05) is 21.8 Å². The number of hydrogen-bond donors (Lipinski definition) is 0. The highest BCUT2D eigenvalue weighted by Crippen LogP contribution is 2.33. The van der Waals surface area contributed by atoms with Gasteiger partial charge in [-0.3, -0.25) is 10.1 Å². The molecule has 1 rings (SSSR count). The highest BCUT2D eigenvalue weighted by molar-refractivity contribution is 9.10. The van der Waals surface area contributed by atoms with Crippen LogP contribution in [0, 0.1) is 21.4 Å². The van der Waals surface area contributed by atoms with Crippen LogP contribution in [0.2, 0.25) is 0 Å². The van der Waals surface area contributed by atoms with Crippen LogP contribution in [0.15, 0.2) is 22.7 Å². The first-order valence-electron chi connectivity index (χ1n) is 5.88. The van der Waals surface area contributed by atoms with E-state index in [0.29, 0.717) is 16.8 Å². The lowest BCUT2D eigenvalue weighted by Crippen LogP contribution is -2.28. The molecule has 0 saturated heterocycles. The van der Waals surface area contributed by atoms with Crippen molar-refractivity contribution in [3.05, 3.63) is 32.8 Å². The predicted octanol–water partition coefficient (Wildman–Crippen LogP) is 4.79. The van der Waals surface area contributed by atoms with Gasteiger partial charge in [-0.15, -0.1) is 0 Å². The molecule has 1 aromatic carbocycles. The summed E-state index contributed by atoms with van der Waals surface area (Å²) in [6.45, 7) is 6.81. The first kappa shape index (κ1) is 16.4. The third kappa shape index (κ3) is 4.76. The molecule has 6 heteroatoms. The number of alkyl halides is 1. The Morgan fingerprint density at radius 2 is 2.05 bits per heavy atom. The maximum Gasteiger partial charge on any atom is 0.312 e. The maximum atomic E-state index is 11.0. The van der Waals surface area contributed by atoms with E-state index in [1.807, 2.05) is 0 Å². The van der Waals surface area contributed by atoms with Crippen LogP contribution in [0.3, 0.4) is 0 Å². The summed E-state index contributed by atoms with van der Waals surface area (Å²) >= 11 is 6.69. The minimum absolute atomic E-state index is 0.0170. The molecule has 0 N–H and O–H groups in total. The van der Waals surface area contributed by atoms with E-state index >= 15 is 0 Å². The van der Waals surface area contributed by atoms with E-state index in [0.717, 1.165) is 5.33 Å². The molecule has 0 aromatic heterocycles. The fourth-order valence-corrected chi connectivity index (χ4v) is 2.98. The quantitative estimate of drug-likeness (QED) is 0.409. The molecular weight excluding hydrogens is 378 g/mol. The molecule has 0 heterocycles. The van der Waals surface area contributed by atoms with Crippen LogP contribution < -0.4 is 4.74 Å². The van der Waals surface area contributed by atoms with E-state index in [2.05, 4.69) is 52.6 Å². The zero-order chi connectivity index (χ0) is 14.6. The largest absolute Gasteiger partial charge is 0.486 e. The second-order valence-electron chi connectivity index (χ2n) is 5.40. The molecule has 0 aliphatic rings. The van der Waals surface area contributed by atoms with Gasteiger partial charge >= 0.3 is 5.69 Å². The Balaban J connectivity index is 2.86. The molecule has 1 aromatic rings. The molecule has 0 radical (unpaired) electrons. The summed E-state index contributed by atoms with van der Waals surface area (Å²) < 4.78 is 6.31. The predicted molar refractivity (Wildman–Crippen MR) is 83.0 cm³/mol. The fraction of sp³-hybridized carbons (Fsp3) is 0.538. The molecule has 106 valence electrons. The van der Waals surface area contributed by atoms with Gasteiger partial charge in [-0.05, 0) is 17.5 Å². The lowest BCUT2D eigenvalue weighted by Gasteiger charge is -2.28. The number of nitro benzene ring substituents is 1. The Hall–Kier alpha value is -0.620. The lowest BCUT2D eigenvalue weighted by molar-refractivity contribution is -0.386. The molecule has 1 atom stereocenters. The average molecular weight is 395 g/mol. The van der Waals surface area contributed by atoms with Gasteiger partial charge < -0.3 is 4.74 Å². The summed E-state index contributed by atoms with van der Waals surface area (Å²) in [5, 5.41) is 11.8. The van der Waals surface area contributed by atoms with E-state index in [1.54, 1.807) is 12.1 Å². The molecule has 19 heavy (non-hydrogen) atoms. The Morgan fingerprint density at radius 1 is 1.42 bits per heavy atom. The summed E-state index contributed by atoms with van der Waals surface area (Å²) in [7, 11) is 0. The fourth-order valence-electron chi connectivity index (χ4n) is 1.47. The zero-order valence-corrected chi connectivity index (χ0v) is 14.3. The Kier molecular flexibility index (Phi) is 5.80. The molecule has 4 nitrogen and oxygen atoms in total. The average Bonchev–Trinajstić information content (AvgIpc) is 2.29. The van der Waals surface area contributed by atoms with Crippen LogP contribution in [0.25, 0.3) is 0 Å². The number of ether oxygens (including phenoxy) is 1. The van der Waals surface area contributed by atoms with Crippen LogP contribution in [-0.2, 0) is 0 Å². The summed E-state index contributed by atoms with van der Waals surface area (Å²) in [5.74, 6) is 0.583. The Bertz CT molecular complexity index is 458. The van der Waals surface area contributed by atoms with Crippen LogP contribution in [-0.4, -0.2) is 16.9 Å². The van der Waals surface area contributed by atoms with E-state index in [9.17, 15) is 10.1 Å². The second kappa shape index (κ2) is 6.70. The van der Waals surface area contributed by atoms with E-state index in [4.69, 9.17) is 4.74 Å². The van der Waals surface area contributed by atoms with Crippen LogP contribution >= 0.6 is 31.9 Å². The van der Waals surface area contributed by atoms with Gasteiger partial charge in [0.05, 0.1) is 11.5 Å². The summed E-state index contributed by atoms with van der Waals surface area (Å²) in [6, 6.07) is 4.81. The van der Waals surface area contributed by atoms with Gasteiger partial charge in [0.1, 0.15) is 0 Å². The van der Waals surface area contributed by atoms with E-state index < -0.39 is 4.92 Å². The number of benzene rings is 1. The van der Waals surface area contributed by atoms with Crippen molar-refractivity contribution in [3.8, 4) is 5.75 Å². The SMILES string of the molecule is CC(C)(C)C(CBr)COc1ccc(Br)cc1[N+](=O)[O-]. The molecule has 0 aliphatic carbocycles. The topological polar surface area (TPSA) is 52.4 Å². The van der Waals surface area contributed by atoms with Crippen LogP contribution in [0.1, 0.15) is 20.8 Å². The smallest absolute Gasteiger partial charge is 0.312 e. The van der Waals surface area contributed by atoms with Gasteiger partial charge in [-0.1, -0.05) is 52.6 Å². The van der Waals surface area contributed by atoms with Crippen molar-refractivity contribution in [3.63, 3.8) is 0 Å². The zero-order valence-electron chi connectivity index (χ0n) is 11.2. The maximum absolute atomic E-state index is 11.0. The van der Waals surface area contributed by atoms with E-state index in [-0.39, 0.29) is 17.0 Å². The second-order valence-corrected chi connectivity index (χ2v) is 6.96. The van der Waals surface area contributed by atoms with Gasteiger partial charge in [-0.2, -0.15) is 0 Å². The third-order valence-corrected chi connectivity index (χ3v) is 4.24. The molecule has 0 bridgehead atoms. The van der Waals surface area contributed by atoms with Crippen molar-refractivity contribution in [2.24, 2.45) is 11.3 Å². The normalized spacial score (nSPS) is 13.1. The summed E-state index contributed by atoms with van der Waals surface area (Å²) in [4.78, 5) is 10.6. The van der Waals surface area contributed by atoms with Gasteiger partial charge in [0.25, 0.3) is 0 Å². The molecule has 0 spiro atoms. The summed E-state index contributed by atoms with van der Waals surface area (Å²) in [5.41, 5.74) is 0.0600. The minimum atomic E-state index is -0.430. The van der Waals surface area contributed by atoms with Gasteiger partial charge in [-0.25, -0.2) is 0 Å². The number of halogens is 2. The van der Waals surface area contributed by atoms with Crippen molar-refractivity contribution in [2.75, 3.05) is 11.9 Å². The molecule has 0 saturated carbocycles. The highest BCUT2D eigenvalue weighted by atomic mass is 79.9.